The summed E-state index contributed by atoms with van der Waals surface area (Å²) < 4.78 is 31.8. The lowest BCUT2D eigenvalue weighted by Gasteiger charge is -2.07. The lowest BCUT2D eigenvalue weighted by Crippen LogP contribution is -2.27. The Hall–Kier alpha value is -1.90. The van der Waals surface area contributed by atoms with Crippen LogP contribution in [0.4, 0.5) is 0 Å². The van der Waals surface area contributed by atoms with E-state index in [0.717, 1.165) is 5.75 Å². The van der Waals surface area contributed by atoms with Crippen molar-refractivity contribution in [1.29, 1.82) is 0 Å². The van der Waals surface area contributed by atoms with Gasteiger partial charge in [-0.05, 0) is 18.6 Å². The molecule has 0 atom stereocenters. The van der Waals surface area contributed by atoms with Gasteiger partial charge in [0, 0.05) is 12.1 Å². The van der Waals surface area contributed by atoms with Gasteiger partial charge in [-0.15, -0.1) is 0 Å². The van der Waals surface area contributed by atoms with E-state index in [9.17, 15) is 8.42 Å². The molecular formula is C13H17N3O4S. The molecule has 0 aliphatic heterocycles. The van der Waals surface area contributed by atoms with E-state index < -0.39 is 10.0 Å². The fourth-order valence-corrected chi connectivity index (χ4v) is 2.89. The van der Waals surface area contributed by atoms with E-state index in [1.54, 1.807) is 0 Å². The second kappa shape index (κ2) is 7.21. The van der Waals surface area contributed by atoms with Gasteiger partial charge in [-0.25, -0.2) is 13.1 Å². The molecule has 0 bridgehead atoms. The first-order valence-corrected chi connectivity index (χ1v) is 7.92. The van der Waals surface area contributed by atoms with Crippen molar-refractivity contribution in [3.05, 3.63) is 42.1 Å². The Kier molecular flexibility index (Phi) is 5.32. The minimum atomic E-state index is -3.69. The monoisotopic (exact) mass is 311 g/mol. The zero-order valence-corrected chi connectivity index (χ0v) is 12.1. The highest BCUT2D eigenvalue weighted by Crippen LogP contribution is 2.11. The lowest BCUT2D eigenvalue weighted by atomic mass is 10.3. The van der Waals surface area contributed by atoms with Gasteiger partial charge in [0.25, 0.3) is 10.0 Å². The van der Waals surface area contributed by atoms with E-state index in [4.69, 9.17) is 9.84 Å². The number of hydrogen-bond acceptors (Lipinski definition) is 5. The highest BCUT2D eigenvalue weighted by molar-refractivity contribution is 7.89. The summed E-state index contributed by atoms with van der Waals surface area (Å²) in [5, 5.41) is 14.9. The number of aromatic amines is 1. The van der Waals surface area contributed by atoms with Crippen LogP contribution < -0.4 is 9.46 Å². The molecule has 1 heterocycles. The van der Waals surface area contributed by atoms with E-state index >= 15 is 0 Å². The number of rotatable bonds is 8. The van der Waals surface area contributed by atoms with Crippen molar-refractivity contribution >= 4 is 10.0 Å². The number of para-hydroxylation sites is 1. The van der Waals surface area contributed by atoms with E-state index in [1.807, 2.05) is 30.3 Å². The number of aliphatic hydroxyl groups excluding tert-OH is 1. The lowest BCUT2D eigenvalue weighted by molar-refractivity contribution is 0.278. The smallest absolute Gasteiger partial charge is 0.257 e. The quantitative estimate of drug-likeness (QED) is 0.621. The van der Waals surface area contributed by atoms with E-state index in [2.05, 4.69) is 14.9 Å². The average Bonchev–Trinajstić information content (AvgIpc) is 2.97. The third-order valence-electron chi connectivity index (χ3n) is 2.74. The molecule has 0 radical (unpaired) electrons. The summed E-state index contributed by atoms with van der Waals surface area (Å²) in [4.78, 5) is 0. The van der Waals surface area contributed by atoms with Gasteiger partial charge in [0.1, 0.15) is 5.75 Å². The summed E-state index contributed by atoms with van der Waals surface area (Å²) in [5.74, 6) is 0.747. The maximum absolute atomic E-state index is 12.0. The van der Waals surface area contributed by atoms with Crippen molar-refractivity contribution in [3.8, 4) is 5.75 Å². The minimum absolute atomic E-state index is 0.103. The predicted molar refractivity (Wildman–Crippen MR) is 76.3 cm³/mol. The van der Waals surface area contributed by atoms with Crippen molar-refractivity contribution in [2.45, 2.75) is 18.1 Å². The fraction of sp³-hybridized carbons (Fsp3) is 0.308. The first-order valence-electron chi connectivity index (χ1n) is 6.44. The summed E-state index contributed by atoms with van der Waals surface area (Å²) >= 11 is 0. The molecule has 0 amide bonds. The first-order chi connectivity index (χ1) is 10.1. The molecule has 21 heavy (non-hydrogen) atoms. The maximum atomic E-state index is 12.0. The number of ether oxygens (including phenoxy) is 1. The number of sulfonamides is 1. The van der Waals surface area contributed by atoms with Gasteiger partial charge in [-0.1, -0.05) is 18.2 Å². The number of nitrogens with one attached hydrogen (secondary N) is 2. The van der Waals surface area contributed by atoms with E-state index in [-0.39, 0.29) is 23.7 Å². The number of aliphatic hydroxyl groups is 1. The molecule has 0 unspecified atom stereocenters. The van der Waals surface area contributed by atoms with Gasteiger partial charge in [0.2, 0.25) is 0 Å². The number of nitrogens with zero attached hydrogens (tertiary/aromatic N) is 1. The minimum Gasteiger partial charge on any atom is -0.494 e. The Bertz CT molecular complexity index is 655. The molecule has 0 aliphatic carbocycles. The zero-order valence-electron chi connectivity index (χ0n) is 11.3. The zero-order chi connectivity index (χ0) is 15.1. The first kappa shape index (κ1) is 15.5. The second-order valence-electron chi connectivity index (χ2n) is 4.30. The number of benzene rings is 1. The molecule has 0 aliphatic rings. The van der Waals surface area contributed by atoms with Crippen LogP contribution in [0.1, 0.15) is 12.0 Å². The SMILES string of the molecule is O=S(=O)(NCCCOc1ccccc1)c1[nH]ncc1CO. The Labute approximate surface area is 123 Å². The molecular weight excluding hydrogens is 294 g/mol. The third-order valence-corrected chi connectivity index (χ3v) is 4.22. The molecule has 2 rings (SSSR count). The van der Waals surface area contributed by atoms with Crippen molar-refractivity contribution in [2.75, 3.05) is 13.2 Å². The van der Waals surface area contributed by atoms with Crippen LogP contribution in [-0.2, 0) is 16.6 Å². The second-order valence-corrected chi connectivity index (χ2v) is 6.00. The van der Waals surface area contributed by atoms with Gasteiger partial charge < -0.3 is 9.84 Å². The normalized spacial score (nSPS) is 11.5. The summed E-state index contributed by atoms with van der Waals surface area (Å²) in [6.07, 6.45) is 1.81. The highest BCUT2D eigenvalue weighted by Gasteiger charge is 2.19. The molecule has 0 saturated carbocycles. The molecule has 2 aromatic rings. The predicted octanol–water partition coefficient (Wildman–Crippen LogP) is 0.649. The number of aromatic nitrogens is 2. The molecule has 0 spiro atoms. The van der Waals surface area contributed by atoms with Crippen LogP contribution in [0.2, 0.25) is 0 Å². The van der Waals surface area contributed by atoms with Gasteiger partial charge >= 0.3 is 0 Å². The molecule has 7 nitrogen and oxygen atoms in total. The molecule has 0 fully saturated rings. The van der Waals surface area contributed by atoms with Crippen molar-refractivity contribution in [1.82, 2.24) is 14.9 Å². The van der Waals surface area contributed by atoms with E-state index in [0.29, 0.717) is 13.0 Å². The summed E-state index contributed by atoms with van der Waals surface area (Å²) in [6, 6.07) is 9.30. The van der Waals surface area contributed by atoms with Gasteiger partial charge in [0.05, 0.1) is 19.4 Å². The maximum Gasteiger partial charge on any atom is 0.257 e. The van der Waals surface area contributed by atoms with Crippen LogP contribution in [0.5, 0.6) is 5.75 Å². The molecule has 8 heteroatoms. The topological polar surface area (TPSA) is 104 Å². The van der Waals surface area contributed by atoms with Crippen LogP contribution in [0, 0.1) is 0 Å². The standard InChI is InChI=1S/C13H17N3O4S/c17-10-11-9-14-16-13(11)21(18,19)15-7-4-8-20-12-5-2-1-3-6-12/h1-3,5-6,9,15,17H,4,7-8,10H2,(H,14,16). The summed E-state index contributed by atoms with van der Waals surface area (Å²) in [6.45, 7) is 0.255. The fourth-order valence-electron chi connectivity index (χ4n) is 1.70. The van der Waals surface area contributed by atoms with Crippen molar-refractivity contribution in [3.63, 3.8) is 0 Å². The van der Waals surface area contributed by atoms with Crippen LogP contribution in [-0.4, -0.2) is 36.9 Å². The Balaban J connectivity index is 1.78. The molecule has 0 saturated heterocycles. The van der Waals surface area contributed by atoms with Crippen LogP contribution >= 0.6 is 0 Å². The third kappa shape index (κ3) is 4.28. The van der Waals surface area contributed by atoms with E-state index in [1.165, 1.54) is 6.20 Å². The van der Waals surface area contributed by atoms with Crippen molar-refractivity contribution < 1.29 is 18.3 Å². The summed E-state index contributed by atoms with van der Waals surface area (Å²) in [5.41, 5.74) is 0.239. The molecule has 3 N–H and O–H groups in total. The molecule has 1 aromatic heterocycles. The van der Waals surface area contributed by atoms with Gasteiger partial charge in [-0.2, -0.15) is 5.10 Å². The van der Waals surface area contributed by atoms with Crippen LogP contribution in [0.15, 0.2) is 41.6 Å². The Morgan fingerprint density at radius 1 is 1.29 bits per heavy atom. The molecule has 1 aromatic carbocycles. The summed E-state index contributed by atoms with van der Waals surface area (Å²) in [7, 11) is -3.69. The number of H-pyrrole nitrogens is 1. The van der Waals surface area contributed by atoms with Gasteiger partial charge in [-0.3, -0.25) is 5.10 Å². The highest BCUT2D eigenvalue weighted by atomic mass is 32.2. The Morgan fingerprint density at radius 2 is 2.05 bits per heavy atom. The van der Waals surface area contributed by atoms with Crippen LogP contribution in [0.25, 0.3) is 0 Å². The number of hydrogen-bond donors (Lipinski definition) is 3. The van der Waals surface area contributed by atoms with Crippen molar-refractivity contribution in [2.24, 2.45) is 0 Å². The molecule has 114 valence electrons. The Morgan fingerprint density at radius 3 is 2.76 bits per heavy atom. The van der Waals surface area contributed by atoms with Gasteiger partial charge in [0.15, 0.2) is 5.03 Å². The largest absolute Gasteiger partial charge is 0.494 e. The van der Waals surface area contributed by atoms with Crippen LogP contribution in [0.3, 0.4) is 0 Å². The average molecular weight is 311 g/mol.